The van der Waals surface area contributed by atoms with E-state index in [4.69, 9.17) is 9.47 Å². The molecule has 1 aliphatic heterocycles. The molecule has 6 atom stereocenters. The van der Waals surface area contributed by atoms with Gasteiger partial charge < -0.3 is 55.9 Å². The number of phenolic OH excluding ortho intramolecular Hbond substituents is 1. The van der Waals surface area contributed by atoms with Crippen LogP contribution in [-0.2, 0) is 32.2 Å². The lowest BCUT2D eigenvalue weighted by atomic mass is 9.81. The molecule has 0 saturated carbocycles. The summed E-state index contributed by atoms with van der Waals surface area (Å²) in [4.78, 5) is 53.9. The van der Waals surface area contributed by atoms with E-state index in [1.807, 2.05) is 24.3 Å². The van der Waals surface area contributed by atoms with Crippen molar-refractivity contribution in [2.45, 2.75) is 82.8 Å². The van der Waals surface area contributed by atoms with E-state index >= 15 is 0 Å². The third kappa shape index (κ3) is 9.80. The fourth-order valence-corrected chi connectivity index (χ4v) is 6.89. The van der Waals surface area contributed by atoms with Gasteiger partial charge in [-0.1, -0.05) is 30.4 Å². The molecule has 2 heterocycles. The molecule has 0 radical (unpaired) electrons. The Labute approximate surface area is 323 Å². The van der Waals surface area contributed by atoms with E-state index in [0.29, 0.717) is 28.9 Å². The number of methoxy groups -OCH3 is 1. The fraction of sp³-hybridized carbons (Fsp3) is 0.366. The smallest absolute Gasteiger partial charge is 0.336 e. The fourth-order valence-electron chi connectivity index (χ4n) is 6.89. The molecule has 5 rings (SSSR count). The van der Waals surface area contributed by atoms with Gasteiger partial charge in [0.15, 0.2) is 5.60 Å². The number of nitrogens with one attached hydrogen (secondary N) is 4. The molecule has 4 aromatic rings. The summed E-state index contributed by atoms with van der Waals surface area (Å²) < 4.78 is 11.2. The maximum Gasteiger partial charge on any atom is 0.336 e. The molecule has 1 fully saturated rings. The van der Waals surface area contributed by atoms with Gasteiger partial charge in [0.05, 0.1) is 24.9 Å². The number of ether oxygens (including phenoxy) is 2. The average molecular weight is 773 g/mol. The number of aromatic hydroxyl groups is 1. The van der Waals surface area contributed by atoms with E-state index in [0.717, 1.165) is 22.2 Å². The second-order valence-electron chi connectivity index (χ2n) is 14.2. The normalized spacial score (nSPS) is 20.7. The van der Waals surface area contributed by atoms with E-state index in [1.54, 1.807) is 57.4 Å². The van der Waals surface area contributed by atoms with Crippen LogP contribution in [0.25, 0.3) is 17.0 Å². The van der Waals surface area contributed by atoms with Gasteiger partial charge in [-0.15, -0.1) is 0 Å². The molecule has 15 heteroatoms. The number of aromatic nitrogens is 1. The van der Waals surface area contributed by atoms with Crippen molar-refractivity contribution in [1.29, 1.82) is 0 Å². The lowest BCUT2D eigenvalue weighted by molar-refractivity contribution is -0.226. The number of phenols is 1. The van der Waals surface area contributed by atoms with Gasteiger partial charge in [-0.2, -0.15) is 0 Å². The van der Waals surface area contributed by atoms with Crippen molar-refractivity contribution in [3.63, 3.8) is 0 Å². The number of aromatic amines is 1. The Balaban J connectivity index is 1.25. The zero-order valence-electron chi connectivity index (χ0n) is 31.5. The van der Waals surface area contributed by atoms with Crippen LogP contribution < -0.4 is 16.0 Å². The number of carboxylic acid groups (broad SMARTS) is 1. The highest BCUT2D eigenvalue weighted by atomic mass is 16.6. The van der Waals surface area contributed by atoms with Gasteiger partial charge in [-0.25, -0.2) is 4.79 Å². The summed E-state index contributed by atoms with van der Waals surface area (Å²) in [6.45, 7) is 4.58. The van der Waals surface area contributed by atoms with E-state index in [1.165, 1.54) is 19.1 Å². The summed E-state index contributed by atoms with van der Waals surface area (Å²) in [5.41, 5.74) is 2.81. The Kier molecular flexibility index (Phi) is 13.3. The predicted octanol–water partition coefficient (Wildman–Crippen LogP) is 2.60. The maximum atomic E-state index is 13.0. The average Bonchev–Trinajstić information content (AvgIpc) is 3.57. The van der Waals surface area contributed by atoms with Gasteiger partial charge in [-0.3, -0.25) is 14.4 Å². The first-order chi connectivity index (χ1) is 26.6. The molecule has 298 valence electrons. The number of carbonyl (C=O) groups is 4. The third-order valence-corrected chi connectivity index (χ3v) is 9.79. The van der Waals surface area contributed by atoms with Crippen LogP contribution in [0.4, 0.5) is 0 Å². The SMILES string of the molecule is COCc1cc2cc(C(=O)NCc3cccc(/C=C/C[C@]4(C(=O)O)C[C@H](O)[C@@H](NC(C)=O)[C@H]([C@H](O)[C@H](O)CNC(=O)c5cc(C)c(O)c(C)c5)O4)c3)ccc2[nH]1. The van der Waals surface area contributed by atoms with Crippen molar-refractivity contribution >= 4 is 40.7 Å². The Morgan fingerprint density at radius 2 is 1.71 bits per heavy atom. The van der Waals surface area contributed by atoms with Crippen LogP contribution in [0, 0.1) is 13.8 Å². The van der Waals surface area contributed by atoms with E-state index in [2.05, 4.69) is 20.9 Å². The topological polar surface area (TPSA) is 240 Å². The highest BCUT2D eigenvalue weighted by Crippen LogP contribution is 2.35. The second-order valence-corrected chi connectivity index (χ2v) is 14.2. The van der Waals surface area contributed by atoms with Gasteiger partial charge in [-0.05, 0) is 78.6 Å². The molecule has 15 nitrogen and oxygen atoms in total. The molecule has 1 aromatic heterocycles. The third-order valence-electron chi connectivity index (χ3n) is 9.79. The number of hydrogen-bond donors (Lipinski definition) is 9. The number of aliphatic carboxylic acids is 1. The molecule has 0 spiro atoms. The summed E-state index contributed by atoms with van der Waals surface area (Å²) >= 11 is 0. The highest BCUT2D eigenvalue weighted by Gasteiger charge is 2.54. The molecule has 56 heavy (non-hydrogen) atoms. The number of aryl methyl sites for hydroxylation is 2. The number of aliphatic hydroxyl groups excluding tert-OH is 3. The van der Waals surface area contributed by atoms with Crippen LogP contribution >= 0.6 is 0 Å². The Hall–Kier alpha value is -5.58. The van der Waals surface area contributed by atoms with Gasteiger partial charge in [0, 0.05) is 67.7 Å². The van der Waals surface area contributed by atoms with Gasteiger partial charge in [0.1, 0.15) is 18.0 Å². The lowest BCUT2D eigenvalue weighted by Crippen LogP contribution is -2.67. The summed E-state index contributed by atoms with van der Waals surface area (Å²) in [5.74, 6) is -2.85. The Morgan fingerprint density at radius 3 is 2.39 bits per heavy atom. The molecule has 0 bridgehead atoms. The Bertz CT molecular complexity index is 2090. The van der Waals surface area contributed by atoms with Crippen LogP contribution in [0.1, 0.15) is 68.4 Å². The Morgan fingerprint density at radius 1 is 1.00 bits per heavy atom. The summed E-state index contributed by atoms with van der Waals surface area (Å²) in [7, 11) is 1.61. The van der Waals surface area contributed by atoms with Crippen molar-refractivity contribution < 1.29 is 54.2 Å². The molecule has 3 amide bonds. The van der Waals surface area contributed by atoms with E-state index < -0.39 is 66.8 Å². The highest BCUT2D eigenvalue weighted by molar-refractivity contribution is 5.98. The van der Waals surface area contributed by atoms with Crippen molar-refractivity contribution in [1.82, 2.24) is 20.9 Å². The number of carboxylic acids is 1. The number of amides is 3. The molecular formula is C41H48N4O11. The second kappa shape index (κ2) is 17.9. The molecular weight excluding hydrogens is 724 g/mol. The molecule has 1 saturated heterocycles. The zero-order valence-corrected chi connectivity index (χ0v) is 31.5. The molecule has 1 aliphatic rings. The minimum atomic E-state index is -2.07. The number of carbonyl (C=O) groups excluding carboxylic acids is 3. The lowest BCUT2D eigenvalue weighted by Gasteiger charge is -2.47. The first kappa shape index (κ1) is 41.6. The van der Waals surface area contributed by atoms with Crippen molar-refractivity contribution in [3.05, 3.63) is 106 Å². The summed E-state index contributed by atoms with van der Waals surface area (Å²) in [6, 6.07) is 16.1. The van der Waals surface area contributed by atoms with Crippen molar-refractivity contribution in [2.24, 2.45) is 0 Å². The number of benzene rings is 3. The first-order valence-electron chi connectivity index (χ1n) is 18.1. The molecule has 3 aromatic carbocycles. The predicted molar refractivity (Wildman–Crippen MR) is 206 cm³/mol. The van der Waals surface area contributed by atoms with Crippen LogP contribution in [0.15, 0.2) is 66.7 Å². The molecule has 9 N–H and O–H groups in total. The monoisotopic (exact) mass is 772 g/mol. The number of hydrogen-bond acceptors (Lipinski definition) is 10. The van der Waals surface area contributed by atoms with Crippen LogP contribution in [-0.4, -0.2) is 104 Å². The van der Waals surface area contributed by atoms with Crippen molar-refractivity contribution in [3.8, 4) is 5.75 Å². The quantitative estimate of drug-likeness (QED) is 0.0851. The van der Waals surface area contributed by atoms with E-state index in [9.17, 15) is 44.7 Å². The number of fused-ring (bicyclic) bond motifs is 1. The number of rotatable bonds is 15. The van der Waals surface area contributed by atoms with E-state index in [-0.39, 0.29) is 30.2 Å². The van der Waals surface area contributed by atoms with Gasteiger partial charge in [0.25, 0.3) is 11.8 Å². The zero-order chi connectivity index (χ0) is 40.7. The molecule has 0 aliphatic carbocycles. The maximum absolute atomic E-state index is 13.0. The number of H-pyrrole nitrogens is 1. The molecule has 0 unspecified atom stereocenters. The largest absolute Gasteiger partial charge is 0.507 e. The number of aliphatic hydroxyl groups is 3. The standard InChI is InChI=1S/C41H48N4O11/c1-22-13-29(14-23(2)35(22)49)39(52)43-20-33(48)36(50)37-34(44-24(3)46)32(47)18-41(56-37,40(53)54)12-6-9-25-7-5-8-26(15-25)19-42-38(51)27-10-11-31-28(16-27)17-30(45-31)21-55-4/h5-11,13-17,32-34,36-37,45,47-50H,12,18-21H2,1-4H3,(H,42,51)(H,43,52)(H,44,46)(H,53,54)/b9-6+/t32-,33+,34+,36+,37+,41+/m0/s1. The summed E-state index contributed by atoms with van der Waals surface area (Å²) in [6.07, 6.45) is -4.20. The minimum absolute atomic E-state index is 0.0420. The van der Waals surface area contributed by atoms with Crippen LogP contribution in [0.5, 0.6) is 5.75 Å². The first-order valence-corrected chi connectivity index (χ1v) is 18.1. The summed E-state index contributed by atoms with van der Waals surface area (Å²) in [5, 5.41) is 62.6. The van der Waals surface area contributed by atoms with Crippen LogP contribution in [0.3, 0.4) is 0 Å². The van der Waals surface area contributed by atoms with Crippen LogP contribution in [0.2, 0.25) is 0 Å². The minimum Gasteiger partial charge on any atom is -0.507 e. The van der Waals surface area contributed by atoms with Crippen molar-refractivity contribution in [2.75, 3.05) is 13.7 Å². The van der Waals surface area contributed by atoms with Gasteiger partial charge in [0.2, 0.25) is 5.91 Å². The van der Waals surface area contributed by atoms with Gasteiger partial charge >= 0.3 is 5.97 Å².